The van der Waals surface area contributed by atoms with Gasteiger partial charge in [0, 0.05) is 50.7 Å². The van der Waals surface area contributed by atoms with Gasteiger partial charge in [-0.2, -0.15) is 4.98 Å². The Kier molecular flexibility index (Phi) is 6.81. The predicted octanol–water partition coefficient (Wildman–Crippen LogP) is 3.65. The van der Waals surface area contributed by atoms with Crippen molar-refractivity contribution in [1.29, 1.82) is 0 Å². The Labute approximate surface area is 217 Å². The van der Waals surface area contributed by atoms with Gasteiger partial charge in [-0.1, -0.05) is 37.8 Å². The summed E-state index contributed by atoms with van der Waals surface area (Å²) < 4.78 is 1.61. The van der Waals surface area contributed by atoms with E-state index in [1.54, 1.807) is 10.8 Å². The fourth-order valence-electron chi connectivity index (χ4n) is 5.41. The molecule has 194 valence electrons. The van der Waals surface area contributed by atoms with Gasteiger partial charge in [-0.3, -0.25) is 14.3 Å². The first kappa shape index (κ1) is 25.1. The van der Waals surface area contributed by atoms with Crippen molar-refractivity contribution < 1.29 is 4.79 Å². The average molecular weight is 502 g/mol. The molecule has 3 heterocycles. The van der Waals surface area contributed by atoms with Crippen molar-refractivity contribution in [2.45, 2.75) is 57.7 Å². The lowest BCUT2D eigenvalue weighted by Gasteiger charge is -2.39. The Balaban J connectivity index is 1.32. The molecular weight excluding hydrogens is 466 g/mol. The molecule has 1 saturated carbocycles. The molecule has 2 aliphatic rings. The van der Waals surface area contributed by atoms with E-state index < -0.39 is 0 Å². The number of hydrogen-bond donors (Lipinski definition) is 1. The van der Waals surface area contributed by atoms with E-state index in [0.717, 1.165) is 50.8 Å². The van der Waals surface area contributed by atoms with E-state index in [9.17, 15) is 9.59 Å². The van der Waals surface area contributed by atoms with Crippen LogP contribution in [0.2, 0.25) is 0 Å². The lowest BCUT2D eigenvalue weighted by molar-refractivity contribution is -0.128. The molecule has 1 saturated heterocycles. The highest BCUT2D eigenvalue weighted by atomic mass is 16.2. The van der Waals surface area contributed by atoms with Crippen molar-refractivity contribution in [3.05, 3.63) is 70.9 Å². The molecule has 0 radical (unpaired) electrons. The number of benzene rings is 1. The van der Waals surface area contributed by atoms with Crippen LogP contribution >= 0.6 is 0 Å². The molecule has 5 rings (SSSR count). The maximum absolute atomic E-state index is 12.3. The summed E-state index contributed by atoms with van der Waals surface area (Å²) in [6.07, 6.45) is 7.66. The summed E-state index contributed by atoms with van der Waals surface area (Å²) in [5.41, 5.74) is 2.61. The molecule has 1 N–H and O–H groups in total. The van der Waals surface area contributed by atoms with Crippen LogP contribution in [0.4, 0.5) is 5.95 Å². The van der Waals surface area contributed by atoms with Crippen molar-refractivity contribution in [2.24, 2.45) is 0 Å². The van der Waals surface area contributed by atoms with E-state index >= 15 is 0 Å². The lowest BCUT2D eigenvalue weighted by Crippen LogP contribution is -2.49. The van der Waals surface area contributed by atoms with E-state index in [1.807, 2.05) is 18.7 Å². The Morgan fingerprint density at radius 2 is 1.78 bits per heavy atom. The standard InChI is InChI=1S/C28H35N7O2/c1-5-23(33-13-15-34(16-14-33)24(36)6-2)20-7-9-22(10-8-20)28(11-12-28)32-26-29-17-21-18-30-27(37)35(19(3)4)25(21)31-26/h6-10,17-19,23H,2,5,11-16H2,1,3-4H3,(H,29,31,32). The molecule has 37 heavy (non-hydrogen) atoms. The van der Waals surface area contributed by atoms with Crippen molar-refractivity contribution >= 4 is 22.9 Å². The number of nitrogens with zero attached hydrogens (tertiary/aromatic N) is 6. The number of fused-ring (bicyclic) bond motifs is 1. The number of hydrogen-bond acceptors (Lipinski definition) is 7. The van der Waals surface area contributed by atoms with Crippen LogP contribution in [0.15, 0.2) is 54.1 Å². The summed E-state index contributed by atoms with van der Waals surface area (Å²) in [6.45, 7) is 12.9. The fourth-order valence-corrected chi connectivity index (χ4v) is 5.41. The molecule has 0 spiro atoms. The molecular formula is C28H35N7O2. The van der Waals surface area contributed by atoms with E-state index in [1.165, 1.54) is 23.4 Å². The zero-order valence-corrected chi connectivity index (χ0v) is 21.9. The second-order valence-corrected chi connectivity index (χ2v) is 10.3. The number of anilines is 1. The molecule has 1 unspecified atom stereocenters. The van der Waals surface area contributed by atoms with Gasteiger partial charge in [0.2, 0.25) is 11.9 Å². The Morgan fingerprint density at radius 3 is 2.38 bits per heavy atom. The van der Waals surface area contributed by atoms with Gasteiger partial charge in [0.05, 0.1) is 10.9 Å². The summed E-state index contributed by atoms with van der Waals surface area (Å²) >= 11 is 0. The molecule has 0 bridgehead atoms. The van der Waals surface area contributed by atoms with Gasteiger partial charge >= 0.3 is 5.69 Å². The molecule has 2 fully saturated rings. The van der Waals surface area contributed by atoms with Crippen molar-refractivity contribution in [3.63, 3.8) is 0 Å². The molecule has 9 heteroatoms. The molecule has 9 nitrogen and oxygen atoms in total. The summed E-state index contributed by atoms with van der Waals surface area (Å²) in [4.78, 5) is 41.8. The summed E-state index contributed by atoms with van der Waals surface area (Å²) in [7, 11) is 0. The van der Waals surface area contributed by atoms with Crippen LogP contribution in [-0.4, -0.2) is 61.4 Å². The van der Waals surface area contributed by atoms with Crippen LogP contribution in [0.1, 0.15) is 63.2 Å². The molecule has 2 aromatic heterocycles. The second kappa shape index (κ2) is 10.0. The second-order valence-electron chi connectivity index (χ2n) is 10.3. The Morgan fingerprint density at radius 1 is 1.11 bits per heavy atom. The largest absolute Gasteiger partial charge is 0.349 e. The molecule has 1 amide bonds. The fraction of sp³-hybridized carbons (Fsp3) is 0.464. The summed E-state index contributed by atoms with van der Waals surface area (Å²) in [5.74, 6) is 0.534. The van der Waals surface area contributed by atoms with Crippen molar-refractivity contribution in [3.8, 4) is 0 Å². The van der Waals surface area contributed by atoms with Gasteiger partial charge in [0.15, 0.2) is 5.65 Å². The highest BCUT2D eigenvalue weighted by Gasteiger charge is 2.45. The first-order valence-corrected chi connectivity index (χ1v) is 13.1. The zero-order chi connectivity index (χ0) is 26.2. The van der Waals surface area contributed by atoms with E-state index in [4.69, 9.17) is 4.98 Å². The Hall–Kier alpha value is -3.59. The zero-order valence-electron chi connectivity index (χ0n) is 21.9. The van der Waals surface area contributed by atoms with E-state index in [0.29, 0.717) is 17.6 Å². The number of carbonyl (C=O) groups excluding carboxylic acids is 1. The van der Waals surface area contributed by atoms with E-state index in [2.05, 4.69) is 58.0 Å². The number of carbonyl (C=O) groups is 1. The molecule has 1 aliphatic carbocycles. The van der Waals surface area contributed by atoms with Gasteiger partial charge in [-0.05, 0) is 50.3 Å². The molecule has 3 aromatic rings. The summed E-state index contributed by atoms with van der Waals surface area (Å²) in [6, 6.07) is 9.16. The minimum atomic E-state index is -0.303. The number of amides is 1. The number of aromatic nitrogens is 4. The van der Waals surface area contributed by atoms with Gasteiger partial charge in [0.1, 0.15) is 0 Å². The van der Waals surface area contributed by atoms with Gasteiger partial charge in [-0.15, -0.1) is 0 Å². The minimum Gasteiger partial charge on any atom is -0.345 e. The van der Waals surface area contributed by atoms with Crippen LogP contribution in [0.3, 0.4) is 0 Å². The van der Waals surface area contributed by atoms with E-state index in [-0.39, 0.29) is 23.2 Å². The van der Waals surface area contributed by atoms with Crippen molar-refractivity contribution in [1.82, 2.24) is 29.3 Å². The smallest absolute Gasteiger partial charge is 0.345 e. The van der Waals surface area contributed by atoms with Crippen LogP contribution in [0, 0.1) is 0 Å². The molecule has 1 aliphatic heterocycles. The quantitative estimate of drug-likeness (QED) is 0.471. The van der Waals surface area contributed by atoms with Gasteiger partial charge < -0.3 is 10.2 Å². The van der Waals surface area contributed by atoms with Crippen LogP contribution in [-0.2, 0) is 10.3 Å². The number of nitrogens with one attached hydrogen (secondary N) is 1. The Bertz CT molecular complexity index is 1350. The van der Waals surface area contributed by atoms with Crippen molar-refractivity contribution in [2.75, 3.05) is 31.5 Å². The first-order chi connectivity index (χ1) is 17.8. The summed E-state index contributed by atoms with van der Waals surface area (Å²) in [5, 5.41) is 4.30. The topological polar surface area (TPSA) is 96.3 Å². The predicted molar refractivity (Wildman–Crippen MR) is 144 cm³/mol. The molecule has 1 atom stereocenters. The maximum atomic E-state index is 12.3. The monoisotopic (exact) mass is 501 g/mol. The van der Waals surface area contributed by atoms with Crippen LogP contribution in [0.5, 0.6) is 0 Å². The van der Waals surface area contributed by atoms with Gasteiger partial charge in [-0.25, -0.2) is 14.8 Å². The average Bonchev–Trinajstić information content (AvgIpc) is 3.69. The third kappa shape index (κ3) is 4.87. The SMILES string of the molecule is C=CC(=O)N1CCN(C(CC)c2ccc(C3(Nc4ncc5cnc(=O)n(C(C)C)c5n4)CC3)cc2)CC1. The lowest BCUT2D eigenvalue weighted by atomic mass is 9.97. The first-order valence-electron chi connectivity index (χ1n) is 13.1. The van der Waals surface area contributed by atoms with Crippen LogP contribution in [0.25, 0.3) is 11.0 Å². The highest BCUT2D eigenvalue weighted by Crippen LogP contribution is 2.48. The normalized spacial score (nSPS) is 18.1. The van der Waals surface area contributed by atoms with Gasteiger partial charge in [0.25, 0.3) is 0 Å². The molecule has 1 aromatic carbocycles. The van der Waals surface area contributed by atoms with Crippen LogP contribution < -0.4 is 11.0 Å². The maximum Gasteiger partial charge on any atom is 0.349 e. The third-order valence-electron chi connectivity index (χ3n) is 7.64. The number of piperazine rings is 1. The minimum absolute atomic E-state index is 0.0128. The number of rotatable bonds is 8. The highest BCUT2D eigenvalue weighted by molar-refractivity contribution is 5.87. The third-order valence-corrected chi connectivity index (χ3v) is 7.64.